The predicted molar refractivity (Wildman–Crippen MR) is 222 cm³/mol. The Kier molecular flexibility index (Phi) is 10.7. The number of benzene rings is 7. The molecule has 0 spiro atoms. The van der Waals surface area contributed by atoms with Crippen LogP contribution in [0.25, 0.3) is 0 Å². The molecule has 0 heterocycles. The summed E-state index contributed by atoms with van der Waals surface area (Å²) in [4.78, 5) is 4.54. The summed E-state index contributed by atoms with van der Waals surface area (Å²) in [5.41, 5.74) is 13.8. The molecule has 1 N–H and O–H groups in total. The molecular weight excluding hydrogens is 651 g/mol. The number of methoxy groups -OCH3 is 2. The van der Waals surface area contributed by atoms with Crippen molar-refractivity contribution in [3.8, 4) is 11.5 Å². The SMILES string of the molecule is COc1ccc(N(c2ccc(C)cc2)c2ccc(CCc3ccc(Nc4ccc(N(c5ccc(C)cc5)c5ccc(OC)cc5)cc4)cc3)cc2)cc1. The highest BCUT2D eigenvalue weighted by Crippen LogP contribution is 2.37. The van der Waals surface area contributed by atoms with Gasteiger partial charge in [-0.1, -0.05) is 59.7 Å². The first-order valence-electron chi connectivity index (χ1n) is 18.0. The van der Waals surface area contributed by atoms with Crippen molar-refractivity contribution in [2.75, 3.05) is 29.3 Å². The van der Waals surface area contributed by atoms with E-state index in [1.54, 1.807) is 14.2 Å². The average Bonchev–Trinajstić information content (AvgIpc) is 3.21. The van der Waals surface area contributed by atoms with E-state index in [4.69, 9.17) is 9.47 Å². The minimum atomic E-state index is 0.837. The number of anilines is 8. The number of aryl methyl sites for hydroxylation is 4. The Hall–Kier alpha value is -6.46. The quantitative estimate of drug-likeness (QED) is 0.130. The van der Waals surface area contributed by atoms with Crippen molar-refractivity contribution < 1.29 is 9.47 Å². The second-order valence-corrected chi connectivity index (χ2v) is 13.3. The normalized spacial score (nSPS) is 10.8. The third-order valence-corrected chi connectivity index (χ3v) is 9.51. The summed E-state index contributed by atoms with van der Waals surface area (Å²) < 4.78 is 10.8. The lowest BCUT2D eigenvalue weighted by molar-refractivity contribution is 0.414. The molecule has 0 aliphatic rings. The van der Waals surface area contributed by atoms with Crippen LogP contribution < -0.4 is 24.6 Å². The molecule has 5 heteroatoms. The van der Waals surface area contributed by atoms with Gasteiger partial charge in [-0.2, -0.15) is 0 Å². The molecule has 264 valence electrons. The fraction of sp³-hybridized carbons (Fsp3) is 0.125. The molecule has 0 radical (unpaired) electrons. The molecule has 0 saturated carbocycles. The van der Waals surface area contributed by atoms with E-state index in [1.807, 2.05) is 24.3 Å². The Morgan fingerprint density at radius 2 is 0.623 bits per heavy atom. The molecule has 0 unspecified atom stereocenters. The van der Waals surface area contributed by atoms with E-state index in [1.165, 1.54) is 22.3 Å². The molecular formula is C48H45N3O2. The first kappa shape index (κ1) is 35.0. The maximum Gasteiger partial charge on any atom is 0.119 e. The molecule has 0 atom stereocenters. The van der Waals surface area contributed by atoms with Crippen molar-refractivity contribution in [3.63, 3.8) is 0 Å². The Labute approximate surface area is 313 Å². The van der Waals surface area contributed by atoms with Crippen molar-refractivity contribution in [1.82, 2.24) is 0 Å². The zero-order valence-corrected chi connectivity index (χ0v) is 30.8. The van der Waals surface area contributed by atoms with Gasteiger partial charge in [-0.05, 0) is 159 Å². The molecule has 0 saturated heterocycles. The molecule has 0 fully saturated rings. The number of ether oxygens (including phenoxy) is 2. The second-order valence-electron chi connectivity index (χ2n) is 13.3. The van der Waals surface area contributed by atoms with E-state index in [-0.39, 0.29) is 0 Å². The Morgan fingerprint density at radius 3 is 0.962 bits per heavy atom. The van der Waals surface area contributed by atoms with Crippen molar-refractivity contribution >= 4 is 45.5 Å². The van der Waals surface area contributed by atoms with Gasteiger partial charge in [0.25, 0.3) is 0 Å². The maximum atomic E-state index is 5.41. The van der Waals surface area contributed by atoms with Gasteiger partial charge >= 0.3 is 0 Å². The van der Waals surface area contributed by atoms with E-state index in [9.17, 15) is 0 Å². The summed E-state index contributed by atoms with van der Waals surface area (Å²) in [6.07, 6.45) is 1.93. The monoisotopic (exact) mass is 695 g/mol. The molecule has 0 aliphatic carbocycles. The highest BCUT2D eigenvalue weighted by molar-refractivity contribution is 5.79. The van der Waals surface area contributed by atoms with Gasteiger partial charge in [0.05, 0.1) is 14.2 Å². The zero-order chi connectivity index (χ0) is 36.6. The Balaban J connectivity index is 0.996. The van der Waals surface area contributed by atoms with Gasteiger partial charge in [0.2, 0.25) is 0 Å². The molecule has 0 amide bonds. The maximum absolute atomic E-state index is 5.41. The van der Waals surface area contributed by atoms with Crippen LogP contribution in [0.15, 0.2) is 170 Å². The minimum Gasteiger partial charge on any atom is -0.497 e. The van der Waals surface area contributed by atoms with E-state index in [0.29, 0.717) is 0 Å². The Bertz CT molecular complexity index is 2200. The van der Waals surface area contributed by atoms with Crippen molar-refractivity contribution in [2.45, 2.75) is 26.7 Å². The van der Waals surface area contributed by atoms with Crippen LogP contribution in [0.4, 0.5) is 45.5 Å². The van der Waals surface area contributed by atoms with Crippen LogP contribution in [-0.4, -0.2) is 14.2 Å². The first-order valence-corrected chi connectivity index (χ1v) is 18.0. The number of nitrogens with one attached hydrogen (secondary N) is 1. The van der Waals surface area contributed by atoms with E-state index in [2.05, 4.69) is 175 Å². The van der Waals surface area contributed by atoms with Crippen LogP contribution in [0.1, 0.15) is 22.3 Å². The van der Waals surface area contributed by atoms with Gasteiger partial charge in [-0.25, -0.2) is 0 Å². The van der Waals surface area contributed by atoms with Gasteiger partial charge in [-0.15, -0.1) is 0 Å². The first-order chi connectivity index (χ1) is 25.9. The fourth-order valence-electron chi connectivity index (χ4n) is 6.46. The summed E-state index contributed by atoms with van der Waals surface area (Å²) in [6.45, 7) is 4.23. The summed E-state index contributed by atoms with van der Waals surface area (Å²) in [5, 5.41) is 3.58. The average molecular weight is 696 g/mol. The third kappa shape index (κ3) is 8.54. The topological polar surface area (TPSA) is 37.0 Å². The van der Waals surface area contributed by atoms with Crippen LogP contribution in [0, 0.1) is 13.8 Å². The predicted octanol–water partition coefficient (Wildman–Crippen LogP) is 12.8. The van der Waals surface area contributed by atoms with Gasteiger partial charge in [0.15, 0.2) is 0 Å². The Morgan fingerprint density at radius 1 is 0.358 bits per heavy atom. The highest BCUT2D eigenvalue weighted by atomic mass is 16.5. The number of hydrogen-bond donors (Lipinski definition) is 1. The molecule has 53 heavy (non-hydrogen) atoms. The smallest absolute Gasteiger partial charge is 0.119 e. The summed E-state index contributed by atoms with van der Waals surface area (Å²) >= 11 is 0. The molecule has 7 aromatic rings. The lowest BCUT2D eigenvalue weighted by atomic mass is 10.0. The fourth-order valence-corrected chi connectivity index (χ4v) is 6.46. The minimum absolute atomic E-state index is 0.837. The van der Waals surface area contributed by atoms with E-state index >= 15 is 0 Å². The van der Waals surface area contributed by atoms with Gasteiger partial charge in [-0.3, -0.25) is 0 Å². The second kappa shape index (κ2) is 16.3. The van der Waals surface area contributed by atoms with Crippen molar-refractivity contribution in [2.24, 2.45) is 0 Å². The van der Waals surface area contributed by atoms with E-state index in [0.717, 1.165) is 69.8 Å². The number of nitrogens with zero attached hydrogens (tertiary/aromatic N) is 2. The number of rotatable bonds is 13. The van der Waals surface area contributed by atoms with Crippen LogP contribution in [0.5, 0.6) is 11.5 Å². The third-order valence-electron chi connectivity index (χ3n) is 9.51. The molecule has 5 nitrogen and oxygen atoms in total. The van der Waals surface area contributed by atoms with Crippen molar-refractivity contribution in [3.05, 3.63) is 192 Å². The molecule has 7 aromatic carbocycles. The zero-order valence-electron chi connectivity index (χ0n) is 30.8. The molecule has 7 rings (SSSR count). The van der Waals surface area contributed by atoms with Crippen LogP contribution in [-0.2, 0) is 12.8 Å². The highest BCUT2D eigenvalue weighted by Gasteiger charge is 2.14. The lowest BCUT2D eigenvalue weighted by Crippen LogP contribution is -2.10. The summed E-state index contributed by atoms with van der Waals surface area (Å²) in [6, 6.07) is 59.9. The van der Waals surface area contributed by atoms with Crippen LogP contribution in [0.2, 0.25) is 0 Å². The van der Waals surface area contributed by atoms with Gasteiger partial charge < -0.3 is 24.6 Å². The van der Waals surface area contributed by atoms with Crippen molar-refractivity contribution in [1.29, 1.82) is 0 Å². The molecule has 0 aromatic heterocycles. The standard InChI is InChI=1S/C48H45N3O2/c1-35-5-19-41(20-6-35)50(45-27-31-47(52-3)32-28-45)43-23-13-38(14-24-43)10-9-37-11-15-39(16-12-37)49-40-17-25-44(26-18-40)51(42-21-7-36(2)8-22-42)46-29-33-48(53-4)34-30-46/h5-8,11-34,49H,9-10H2,1-4H3. The van der Waals surface area contributed by atoms with Crippen LogP contribution >= 0.6 is 0 Å². The van der Waals surface area contributed by atoms with Crippen LogP contribution in [0.3, 0.4) is 0 Å². The van der Waals surface area contributed by atoms with Gasteiger partial charge in [0.1, 0.15) is 11.5 Å². The lowest BCUT2D eigenvalue weighted by Gasteiger charge is -2.26. The molecule has 0 bridgehead atoms. The largest absolute Gasteiger partial charge is 0.497 e. The summed E-state index contributed by atoms with van der Waals surface area (Å²) in [5.74, 6) is 1.68. The van der Waals surface area contributed by atoms with Gasteiger partial charge in [0, 0.05) is 45.5 Å². The molecule has 0 aliphatic heterocycles. The van der Waals surface area contributed by atoms with E-state index < -0.39 is 0 Å². The summed E-state index contributed by atoms with van der Waals surface area (Å²) in [7, 11) is 3.39. The number of hydrogen-bond acceptors (Lipinski definition) is 5.